The summed E-state index contributed by atoms with van der Waals surface area (Å²) in [5.41, 5.74) is 1.43. The smallest absolute Gasteiger partial charge is 0.308 e. The van der Waals surface area contributed by atoms with Crippen molar-refractivity contribution in [1.29, 1.82) is 0 Å². The molecule has 1 aromatic carbocycles. The van der Waals surface area contributed by atoms with Crippen LogP contribution in [0.1, 0.15) is 43.4 Å². The summed E-state index contributed by atoms with van der Waals surface area (Å²) in [7, 11) is 1.53. The molecule has 1 aliphatic rings. The highest BCUT2D eigenvalue weighted by Gasteiger charge is 2.20. The summed E-state index contributed by atoms with van der Waals surface area (Å²) >= 11 is 0. The first-order valence-corrected chi connectivity index (χ1v) is 7.50. The first kappa shape index (κ1) is 16.4. The van der Waals surface area contributed by atoms with E-state index in [4.69, 9.17) is 14.2 Å². The highest BCUT2D eigenvalue weighted by atomic mass is 16.5. The van der Waals surface area contributed by atoms with Crippen LogP contribution in [0.25, 0.3) is 5.76 Å². The number of allylic oxidation sites excluding steroid dienone is 1. The molecule has 1 unspecified atom stereocenters. The molecule has 2 rings (SSSR count). The zero-order valence-corrected chi connectivity index (χ0v) is 13.0. The van der Waals surface area contributed by atoms with Crippen LogP contribution in [-0.2, 0) is 14.3 Å². The van der Waals surface area contributed by atoms with E-state index in [1.807, 2.05) is 12.1 Å². The molecule has 0 spiro atoms. The number of aliphatic hydroxyl groups excluding tert-OH is 1. The Balaban J connectivity index is 2.23. The van der Waals surface area contributed by atoms with Gasteiger partial charge in [-0.15, -0.1) is 0 Å². The van der Waals surface area contributed by atoms with E-state index in [9.17, 15) is 9.90 Å². The average Bonchev–Trinajstić information content (AvgIpc) is 2.55. The predicted molar refractivity (Wildman–Crippen MR) is 82.4 cm³/mol. The topological polar surface area (TPSA) is 65.0 Å². The number of benzene rings is 1. The van der Waals surface area contributed by atoms with E-state index < -0.39 is 12.1 Å². The van der Waals surface area contributed by atoms with Crippen molar-refractivity contribution in [3.63, 3.8) is 0 Å². The van der Waals surface area contributed by atoms with Crippen molar-refractivity contribution in [2.45, 2.75) is 32.3 Å². The van der Waals surface area contributed by atoms with Crippen molar-refractivity contribution in [3.8, 4) is 5.75 Å². The van der Waals surface area contributed by atoms with Gasteiger partial charge in [-0.1, -0.05) is 0 Å². The van der Waals surface area contributed by atoms with E-state index >= 15 is 0 Å². The van der Waals surface area contributed by atoms with Crippen molar-refractivity contribution in [2.24, 2.45) is 0 Å². The third-order valence-electron chi connectivity index (χ3n) is 3.47. The minimum absolute atomic E-state index is 0.104. The SMILES string of the molecule is CCOC(=O)CC(O)c1cc(C2=CCCCO2)ccc1OC. The van der Waals surface area contributed by atoms with Gasteiger partial charge in [0.05, 0.1) is 32.8 Å². The van der Waals surface area contributed by atoms with Gasteiger partial charge in [-0.3, -0.25) is 4.79 Å². The minimum Gasteiger partial charge on any atom is -0.496 e. The zero-order valence-electron chi connectivity index (χ0n) is 13.0. The molecule has 1 heterocycles. The zero-order chi connectivity index (χ0) is 15.9. The van der Waals surface area contributed by atoms with Gasteiger partial charge in [0, 0.05) is 11.1 Å². The van der Waals surface area contributed by atoms with Crippen molar-refractivity contribution in [2.75, 3.05) is 20.3 Å². The molecule has 5 heteroatoms. The van der Waals surface area contributed by atoms with E-state index in [1.54, 1.807) is 19.1 Å². The van der Waals surface area contributed by atoms with E-state index in [2.05, 4.69) is 0 Å². The van der Waals surface area contributed by atoms with Crippen LogP contribution < -0.4 is 4.74 Å². The molecule has 0 aromatic heterocycles. The summed E-state index contributed by atoms with van der Waals surface area (Å²) in [5, 5.41) is 10.3. The Morgan fingerprint density at radius 3 is 2.91 bits per heavy atom. The van der Waals surface area contributed by atoms with E-state index in [0.29, 0.717) is 24.5 Å². The molecule has 22 heavy (non-hydrogen) atoms. The lowest BCUT2D eigenvalue weighted by Gasteiger charge is -2.19. The number of ether oxygens (including phenoxy) is 3. The van der Waals surface area contributed by atoms with E-state index in [1.165, 1.54) is 7.11 Å². The fraction of sp³-hybridized carbons (Fsp3) is 0.471. The summed E-state index contributed by atoms with van der Waals surface area (Å²) in [6.45, 7) is 2.72. The van der Waals surface area contributed by atoms with Crippen LogP contribution in [0.3, 0.4) is 0 Å². The monoisotopic (exact) mass is 306 g/mol. The first-order chi connectivity index (χ1) is 10.7. The average molecular weight is 306 g/mol. The van der Waals surface area contributed by atoms with Crippen molar-refractivity contribution >= 4 is 11.7 Å². The van der Waals surface area contributed by atoms with Gasteiger partial charge in [0.25, 0.3) is 0 Å². The number of aliphatic hydroxyl groups is 1. The summed E-state index contributed by atoms with van der Waals surface area (Å²) in [5.74, 6) is 0.908. The standard InChI is InChI=1S/C17H22O5/c1-3-21-17(19)11-14(18)13-10-12(7-8-16(13)20-2)15-6-4-5-9-22-15/h6-8,10,14,18H,3-5,9,11H2,1-2H3. The summed E-state index contributed by atoms with van der Waals surface area (Å²) in [4.78, 5) is 11.6. The summed E-state index contributed by atoms with van der Waals surface area (Å²) in [6.07, 6.45) is 2.94. The fourth-order valence-electron chi connectivity index (χ4n) is 2.39. The molecule has 0 amide bonds. The molecule has 0 aliphatic carbocycles. The molecular weight excluding hydrogens is 284 g/mol. The Bertz CT molecular complexity index is 550. The number of methoxy groups -OCH3 is 1. The first-order valence-electron chi connectivity index (χ1n) is 7.50. The maximum absolute atomic E-state index is 11.6. The van der Waals surface area contributed by atoms with Gasteiger partial charge >= 0.3 is 5.97 Å². The van der Waals surface area contributed by atoms with Gasteiger partial charge < -0.3 is 19.3 Å². The lowest BCUT2D eigenvalue weighted by Crippen LogP contribution is -2.11. The second-order valence-electron chi connectivity index (χ2n) is 5.04. The Morgan fingerprint density at radius 1 is 1.45 bits per heavy atom. The molecule has 1 aliphatic heterocycles. The van der Waals surface area contributed by atoms with Crippen molar-refractivity contribution < 1.29 is 24.1 Å². The van der Waals surface area contributed by atoms with Crippen molar-refractivity contribution in [1.82, 2.24) is 0 Å². The Labute approximate surface area is 130 Å². The van der Waals surface area contributed by atoms with Crippen LogP contribution in [0.4, 0.5) is 0 Å². The molecule has 1 atom stereocenters. The number of rotatable bonds is 6. The second-order valence-corrected chi connectivity index (χ2v) is 5.04. The maximum Gasteiger partial charge on any atom is 0.308 e. The van der Waals surface area contributed by atoms with Crippen molar-refractivity contribution in [3.05, 3.63) is 35.4 Å². The minimum atomic E-state index is -0.974. The van der Waals surface area contributed by atoms with Crippen LogP contribution in [0, 0.1) is 0 Å². The molecule has 0 bridgehead atoms. The molecule has 0 saturated carbocycles. The Hall–Kier alpha value is -2.01. The predicted octanol–water partition coefficient (Wildman–Crippen LogP) is 2.83. The number of carbonyl (C=O) groups is 1. The molecule has 5 nitrogen and oxygen atoms in total. The third-order valence-corrected chi connectivity index (χ3v) is 3.47. The normalized spacial score (nSPS) is 15.5. The van der Waals surface area contributed by atoms with E-state index in [-0.39, 0.29) is 6.42 Å². The Kier molecular flexibility index (Phi) is 5.83. The van der Waals surface area contributed by atoms with Gasteiger partial charge in [-0.05, 0) is 44.0 Å². The number of carbonyl (C=O) groups excluding carboxylic acids is 1. The molecule has 0 fully saturated rings. The highest BCUT2D eigenvalue weighted by molar-refractivity contribution is 5.71. The quantitative estimate of drug-likeness (QED) is 0.819. The summed E-state index contributed by atoms with van der Waals surface area (Å²) in [6, 6.07) is 5.47. The summed E-state index contributed by atoms with van der Waals surface area (Å²) < 4.78 is 15.8. The third kappa shape index (κ3) is 4.01. The molecule has 0 saturated heterocycles. The number of hydrogen-bond acceptors (Lipinski definition) is 5. The molecule has 0 radical (unpaired) electrons. The van der Waals surface area contributed by atoms with Crippen LogP contribution in [0.5, 0.6) is 5.75 Å². The van der Waals surface area contributed by atoms with Crippen LogP contribution >= 0.6 is 0 Å². The van der Waals surface area contributed by atoms with Crippen LogP contribution in [-0.4, -0.2) is 31.4 Å². The molecule has 1 N–H and O–H groups in total. The van der Waals surface area contributed by atoms with Gasteiger partial charge in [0.15, 0.2) is 0 Å². The Morgan fingerprint density at radius 2 is 2.27 bits per heavy atom. The maximum atomic E-state index is 11.6. The molecule has 120 valence electrons. The van der Waals surface area contributed by atoms with Crippen LogP contribution in [0.2, 0.25) is 0 Å². The molecule has 1 aromatic rings. The van der Waals surface area contributed by atoms with Gasteiger partial charge in [-0.2, -0.15) is 0 Å². The number of hydrogen-bond donors (Lipinski definition) is 1. The van der Waals surface area contributed by atoms with Gasteiger partial charge in [0.1, 0.15) is 11.5 Å². The fourth-order valence-corrected chi connectivity index (χ4v) is 2.39. The van der Waals surface area contributed by atoms with Crippen LogP contribution in [0.15, 0.2) is 24.3 Å². The highest BCUT2D eigenvalue weighted by Crippen LogP contribution is 2.32. The lowest BCUT2D eigenvalue weighted by atomic mass is 10.0. The number of esters is 1. The lowest BCUT2D eigenvalue weighted by molar-refractivity contribution is -0.145. The largest absolute Gasteiger partial charge is 0.496 e. The van der Waals surface area contributed by atoms with Gasteiger partial charge in [0.2, 0.25) is 0 Å². The molecular formula is C17H22O5. The second kappa shape index (κ2) is 7.84. The van der Waals surface area contributed by atoms with Gasteiger partial charge in [-0.25, -0.2) is 0 Å². The van der Waals surface area contributed by atoms with E-state index in [0.717, 1.165) is 24.2 Å².